The molecule has 0 bridgehead atoms. The highest BCUT2D eigenvalue weighted by Gasteiger charge is 2.34. The third-order valence-corrected chi connectivity index (χ3v) is 4.36. The van der Waals surface area contributed by atoms with Crippen LogP contribution < -0.4 is 5.73 Å². The molecule has 2 unspecified atom stereocenters. The monoisotopic (exact) mass is 282 g/mol. The molecule has 0 radical (unpaired) electrons. The van der Waals surface area contributed by atoms with Gasteiger partial charge in [-0.15, -0.1) is 11.3 Å². The van der Waals surface area contributed by atoms with Gasteiger partial charge in [-0.3, -0.25) is 4.79 Å². The maximum Gasteiger partial charge on any atom is 0.332 e. The third-order valence-electron chi connectivity index (χ3n) is 3.37. The number of esters is 1. The van der Waals surface area contributed by atoms with Crippen molar-refractivity contribution in [2.75, 3.05) is 13.2 Å². The van der Waals surface area contributed by atoms with Crippen LogP contribution in [-0.2, 0) is 20.7 Å². The number of rotatable bonds is 3. The molecule has 5 nitrogen and oxygen atoms in total. The lowest BCUT2D eigenvalue weighted by molar-refractivity contribution is -0.151. The molecule has 0 aromatic carbocycles. The lowest BCUT2D eigenvalue weighted by atomic mass is 10.0. The van der Waals surface area contributed by atoms with Gasteiger partial charge in [0.25, 0.3) is 5.91 Å². The first-order valence-electron chi connectivity index (χ1n) is 6.35. The van der Waals surface area contributed by atoms with E-state index in [1.807, 2.05) is 18.4 Å². The van der Waals surface area contributed by atoms with Crippen molar-refractivity contribution in [3.8, 4) is 0 Å². The topological polar surface area (TPSA) is 72.6 Å². The van der Waals surface area contributed by atoms with Crippen molar-refractivity contribution in [2.45, 2.75) is 32.4 Å². The van der Waals surface area contributed by atoms with Gasteiger partial charge in [0.15, 0.2) is 6.04 Å². The highest BCUT2D eigenvalue weighted by atomic mass is 32.1. The van der Waals surface area contributed by atoms with Crippen molar-refractivity contribution in [3.63, 3.8) is 0 Å². The lowest BCUT2D eigenvalue weighted by Gasteiger charge is -2.34. The number of ether oxygens (including phenoxy) is 1. The molecule has 0 aliphatic carbocycles. The molecule has 0 fully saturated rings. The minimum atomic E-state index is -1.22. The normalized spacial score (nSPS) is 19.7. The minimum absolute atomic E-state index is 0.0389. The van der Waals surface area contributed by atoms with E-state index in [9.17, 15) is 9.59 Å². The van der Waals surface area contributed by atoms with Crippen molar-refractivity contribution >= 4 is 23.2 Å². The van der Waals surface area contributed by atoms with Gasteiger partial charge >= 0.3 is 5.97 Å². The van der Waals surface area contributed by atoms with Crippen molar-refractivity contribution in [1.29, 1.82) is 0 Å². The van der Waals surface area contributed by atoms with Crippen LogP contribution in [0.1, 0.15) is 30.3 Å². The summed E-state index contributed by atoms with van der Waals surface area (Å²) in [5.41, 5.74) is 6.83. The summed E-state index contributed by atoms with van der Waals surface area (Å²) < 4.78 is 4.80. The van der Waals surface area contributed by atoms with Gasteiger partial charge in [-0.05, 0) is 37.3 Å². The van der Waals surface area contributed by atoms with Crippen molar-refractivity contribution in [1.82, 2.24) is 4.90 Å². The van der Waals surface area contributed by atoms with Crippen molar-refractivity contribution in [2.24, 2.45) is 5.73 Å². The van der Waals surface area contributed by atoms with Crippen molar-refractivity contribution in [3.05, 3.63) is 21.9 Å². The fraction of sp³-hybridized carbons (Fsp3) is 0.538. The van der Waals surface area contributed by atoms with E-state index in [1.54, 1.807) is 23.2 Å². The predicted molar refractivity (Wildman–Crippen MR) is 72.8 cm³/mol. The van der Waals surface area contributed by atoms with Gasteiger partial charge in [0.05, 0.1) is 12.6 Å². The number of carbonyl (C=O) groups is 2. The Kier molecular flexibility index (Phi) is 4.21. The first kappa shape index (κ1) is 14.0. The molecule has 0 spiro atoms. The number of amides is 1. The van der Waals surface area contributed by atoms with Crippen LogP contribution in [0.25, 0.3) is 0 Å². The van der Waals surface area contributed by atoms with E-state index in [0.717, 1.165) is 12.0 Å². The molecule has 2 N–H and O–H groups in total. The second kappa shape index (κ2) is 5.71. The predicted octanol–water partition coefficient (Wildman–Crippen LogP) is 1.08. The van der Waals surface area contributed by atoms with E-state index in [-0.39, 0.29) is 18.6 Å². The van der Waals surface area contributed by atoms with Crippen LogP contribution in [0, 0.1) is 0 Å². The molecule has 1 aromatic rings. The third kappa shape index (κ3) is 2.64. The van der Waals surface area contributed by atoms with Gasteiger partial charge in [0, 0.05) is 11.4 Å². The van der Waals surface area contributed by atoms with Gasteiger partial charge in [-0.2, -0.15) is 0 Å². The largest absolute Gasteiger partial charge is 0.464 e. The maximum atomic E-state index is 12.3. The van der Waals surface area contributed by atoms with Crippen LogP contribution in [-0.4, -0.2) is 36.0 Å². The summed E-state index contributed by atoms with van der Waals surface area (Å²) in [6.45, 7) is 4.47. The molecule has 6 heteroatoms. The Morgan fingerprint density at radius 3 is 3.05 bits per heavy atom. The summed E-state index contributed by atoms with van der Waals surface area (Å²) in [5, 5.41) is 2.03. The Hall–Kier alpha value is -1.40. The standard InChI is InChI=1S/C13H18N2O3S/c1-3-18-13(17)11(14)12(16)15-6-4-10-9(8(15)2)5-7-19-10/h5,7-8,11H,3-4,6,14H2,1-2H3. The van der Waals surface area contributed by atoms with E-state index in [0.29, 0.717) is 6.54 Å². The minimum Gasteiger partial charge on any atom is -0.464 e. The van der Waals surface area contributed by atoms with E-state index in [4.69, 9.17) is 10.5 Å². The lowest BCUT2D eigenvalue weighted by Crippen LogP contribution is -2.51. The second-order valence-corrected chi connectivity index (χ2v) is 5.49. The van der Waals surface area contributed by atoms with Gasteiger partial charge in [-0.25, -0.2) is 4.79 Å². The maximum absolute atomic E-state index is 12.3. The molecule has 1 amide bonds. The number of nitrogens with zero attached hydrogens (tertiary/aromatic N) is 1. The van der Waals surface area contributed by atoms with Gasteiger partial charge in [0.2, 0.25) is 0 Å². The zero-order valence-corrected chi connectivity index (χ0v) is 11.9. The van der Waals surface area contributed by atoms with E-state index in [2.05, 4.69) is 0 Å². The molecule has 1 aromatic heterocycles. The van der Waals surface area contributed by atoms with Crippen LogP contribution in [0.2, 0.25) is 0 Å². The second-order valence-electron chi connectivity index (χ2n) is 4.49. The average Bonchev–Trinajstić information content (AvgIpc) is 2.87. The summed E-state index contributed by atoms with van der Waals surface area (Å²) in [5.74, 6) is -1.02. The Morgan fingerprint density at radius 1 is 1.63 bits per heavy atom. The highest BCUT2D eigenvalue weighted by Crippen LogP contribution is 2.32. The van der Waals surface area contributed by atoms with Gasteiger partial charge in [-0.1, -0.05) is 0 Å². The zero-order valence-electron chi connectivity index (χ0n) is 11.1. The summed E-state index contributed by atoms with van der Waals surface area (Å²) in [4.78, 5) is 26.8. The summed E-state index contributed by atoms with van der Waals surface area (Å²) in [6, 6.07) is 0.769. The first-order valence-corrected chi connectivity index (χ1v) is 7.23. The van der Waals surface area contributed by atoms with Crippen LogP contribution in [0.3, 0.4) is 0 Å². The molecule has 19 heavy (non-hydrogen) atoms. The summed E-state index contributed by atoms with van der Waals surface area (Å²) in [7, 11) is 0. The SMILES string of the molecule is CCOC(=O)C(N)C(=O)N1CCc2sccc2C1C. The number of thiophene rings is 1. The number of hydrogen-bond donors (Lipinski definition) is 1. The molecule has 2 heterocycles. The van der Waals surface area contributed by atoms with Crippen LogP contribution in [0.15, 0.2) is 11.4 Å². The van der Waals surface area contributed by atoms with Crippen LogP contribution >= 0.6 is 11.3 Å². The fourth-order valence-corrected chi connectivity index (χ4v) is 3.28. The molecular weight excluding hydrogens is 264 g/mol. The molecule has 0 saturated carbocycles. The molecule has 104 valence electrons. The Balaban J connectivity index is 2.11. The Bertz CT molecular complexity index is 486. The molecule has 1 aliphatic rings. The molecular formula is C13H18N2O3S. The first-order chi connectivity index (χ1) is 9.06. The number of nitrogens with two attached hydrogens (primary N) is 1. The highest BCUT2D eigenvalue weighted by molar-refractivity contribution is 7.10. The average molecular weight is 282 g/mol. The fourth-order valence-electron chi connectivity index (χ4n) is 2.32. The number of carbonyl (C=O) groups excluding carboxylic acids is 2. The molecule has 0 saturated heterocycles. The van der Waals surface area contributed by atoms with Crippen molar-refractivity contribution < 1.29 is 14.3 Å². The summed E-state index contributed by atoms with van der Waals surface area (Å²) in [6.07, 6.45) is 0.818. The number of fused-ring (bicyclic) bond motifs is 1. The molecule has 1 aliphatic heterocycles. The zero-order chi connectivity index (χ0) is 14.0. The van der Waals surface area contributed by atoms with Crippen LogP contribution in [0.5, 0.6) is 0 Å². The van der Waals surface area contributed by atoms with E-state index >= 15 is 0 Å². The molecule has 2 atom stereocenters. The summed E-state index contributed by atoms with van der Waals surface area (Å²) >= 11 is 1.70. The Morgan fingerprint density at radius 2 is 2.37 bits per heavy atom. The molecule has 2 rings (SSSR count). The quantitative estimate of drug-likeness (QED) is 0.665. The van der Waals surface area contributed by atoms with E-state index in [1.165, 1.54) is 4.88 Å². The Labute approximate surface area is 116 Å². The van der Waals surface area contributed by atoms with Gasteiger partial charge in [0.1, 0.15) is 0 Å². The van der Waals surface area contributed by atoms with Crippen LogP contribution in [0.4, 0.5) is 0 Å². The smallest absolute Gasteiger partial charge is 0.332 e. The van der Waals surface area contributed by atoms with E-state index < -0.39 is 12.0 Å². The number of hydrogen-bond acceptors (Lipinski definition) is 5. The van der Waals surface area contributed by atoms with Gasteiger partial charge < -0.3 is 15.4 Å².